The van der Waals surface area contributed by atoms with Crippen LogP contribution in [-0.2, 0) is 5.75 Å². The summed E-state index contributed by atoms with van der Waals surface area (Å²) in [5.41, 5.74) is 1.59. The van der Waals surface area contributed by atoms with Gasteiger partial charge in [-0.1, -0.05) is 25.1 Å². The molecule has 0 spiro atoms. The molecule has 2 aromatic carbocycles. The van der Waals surface area contributed by atoms with Gasteiger partial charge in [0, 0.05) is 27.6 Å². The number of carbonyl (C=O) groups excluding carboxylic acids is 1. The maximum atomic E-state index is 13.2. The molecule has 2 N–H and O–H groups in total. The molecule has 4 nitrogen and oxygen atoms in total. The number of halogens is 2. The van der Waals surface area contributed by atoms with Crippen LogP contribution in [0.4, 0.5) is 4.39 Å². The number of furan rings is 1. The van der Waals surface area contributed by atoms with E-state index in [-0.39, 0.29) is 30.2 Å². The highest BCUT2D eigenvalue weighted by Gasteiger charge is 2.27. The standard InChI is InChI=1S/C22H23FN2O2S.ClH/c1-14-12-24-11-10-19(14)25-22(26)21-18(17-4-2-3-5-20(17)27-21)13-28-16-8-6-15(23)7-9-16;/h2-9,14,19,24H,10-13H2,1H3,(H,25,26);1H. The number of carbonyl (C=O) groups is 1. The summed E-state index contributed by atoms with van der Waals surface area (Å²) in [4.78, 5) is 14.0. The summed E-state index contributed by atoms with van der Waals surface area (Å²) < 4.78 is 19.1. The minimum atomic E-state index is -0.255. The van der Waals surface area contributed by atoms with Gasteiger partial charge in [-0.05, 0) is 55.8 Å². The normalized spacial score (nSPS) is 19.0. The first-order valence-corrected chi connectivity index (χ1v) is 10.5. The average Bonchev–Trinajstić information content (AvgIpc) is 3.08. The SMILES string of the molecule is CC1CNCCC1NC(=O)c1oc2ccccc2c1CSc1ccc(F)cc1.Cl. The Balaban J connectivity index is 0.00000240. The Kier molecular flexibility index (Phi) is 7.22. The third kappa shape index (κ3) is 4.94. The van der Waals surface area contributed by atoms with Gasteiger partial charge in [-0.25, -0.2) is 4.39 Å². The highest BCUT2D eigenvalue weighted by molar-refractivity contribution is 7.98. The largest absolute Gasteiger partial charge is 0.451 e. The summed E-state index contributed by atoms with van der Waals surface area (Å²) in [5.74, 6) is 0.910. The van der Waals surface area contributed by atoms with Crippen molar-refractivity contribution < 1.29 is 13.6 Å². The van der Waals surface area contributed by atoms with Crippen LogP contribution in [-0.4, -0.2) is 25.0 Å². The number of rotatable bonds is 5. The summed E-state index contributed by atoms with van der Waals surface area (Å²) in [5, 5.41) is 7.45. The van der Waals surface area contributed by atoms with Crippen molar-refractivity contribution in [3.63, 3.8) is 0 Å². The number of fused-ring (bicyclic) bond motifs is 1. The molecule has 1 aliphatic heterocycles. The van der Waals surface area contributed by atoms with Crippen LogP contribution in [0.3, 0.4) is 0 Å². The van der Waals surface area contributed by atoms with Crippen molar-refractivity contribution in [1.82, 2.24) is 10.6 Å². The van der Waals surface area contributed by atoms with Crippen molar-refractivity contribution in [1.29, 1.82) is 0 Å². The maximum absolute atomic E-state index is 13.2. The minimum Gasteiger partial charge on any atom is -0.451 e. The quantitative estimate of drug-likeness (QED) is 0.554. The molecule has 7 heteroatoms. The van der Waals surface area contributed by atoms with E-state index in [1.54, 1.807) is 23.9 Å². The maximum Gasteiger partial charge on any atom is 0.287 e. The van der Waals surface area contributed by atoms with E-state index in [2.05, 4.69) is 17.6 Å². The van der Waals surface area contributed by atoms with Gasteiger partial charge in [0.05, 0.1) is 0 Å². The van der Waals surface area contributed by atoms with Crippen LogP contribution in [0.25, 0.3) is 11.0 Å². The van der Waals surface area contributed by atoms with Crippen LogP contribution < -0.4 is 10.6 Å². The van der Waals surface area contributed by atoms with E-state index in [4.69, 9.17) is 4.42 Å². The van der Waals surface area contributed by atoms with Crippen LogP contribution in [0.5, 0.6) is 0 Å². The Hall–Kier alpha value is -2.02. The number of benzene rings is 2. The zero-order chi connectivity index (χ0) is 19.5. The fourth-order valence-corrected chi connectivity index (χ4v) is 4.50. The zero-order valence-electron chi connectivity index (χ0n) is 16.1. The lowest BCUT2D eigenvalue weighted by Gasteiger charge is -2.30. The van der Waals surface area contributed by atoms with E-state index in [1.165, 1.54) is 12.1 Å². The van der Waals surface area contributed by atoms with Crippen molar-refractivity contribution in [2.75, 3.05) is 13.1 Å². The summed E-state index contributed by atoms with van der Waals surface area (Å²) in [6.07, 6.45) is 0.910. The van der Waals surface area contributed by atoms with Crippen molar-refractivity contribution in [3.05, 3.63) is 65.7 Å². The van der Waals surface area contributed by atoms with Crippen molar-refractivity contribution in [2.45, 2.75) is 30.0 Å². The van der Waals surface area contributed by atoms with E-state index >= 15 is 0 Å². The Morgan fingerprint density at radius 2 is 2.00 bits per heavy atom. The smallest absolute Gasteiger partial charge is 0.287 e. The van der Waals surface area contributed by atoms with Crippen LogP contribution in [0.1, 0.15) is 29.5 Å². The summed E-state index contributed by atoms with van der Waals surface area (Å²) in [6, 6.07) is 14.2. The molecule has 2 atom stereocenters. The summed E-state index contributed by atoms with van der Waals surface area (Å²) >= 11 is 1.56. The monoisotopic (exact) mass is 434 g/mol. The number of hydrogen-bond donors (Lipinski definition) is 2. The number of piperidine rings is 1. The molecule has 0 saturated carbocycles. The lowest BCUT2D eigenvalue weighted by atomic mass is 9.95. The van der Waals surface area contributed by atoms with Crippen molar-refractivity contribution >= 4 is 41.0 Å². The van der Waals surface area contributed by atoms with Gasteiger partial charge in [0.25, 0.3) is 5.91 Å². The molecule has 154 valence electrons. The second-order valence-electron chi connectivity index (χ2n) is 7.20. The van der Waals surface area contributed by atoms with Gasteiger partial charge < -0.3 is 15.1 Å². The topological polar surface area (TPSA) is 54.3 Å². The number of para-hydroxylation sites is 1. The molecule has 2 unspecified atom stereocenters. The number of thioether (sulfide) groups is 1. The molecule has 1 aliphatic rings. The van der Waals surface area contributed by atoms with Crippen LogP contribution in [0.2, 0.25) is 0 Å². The molecule has 1 fully saturated rings. The molecule has 1 saturated heterocycles. The van der Waals surface area contributed by atoms with E-state index in [0.717, 1.165) is 35.4 Å². The molecule has 0 bridgehead atoms. The van der Waals surface area contributed by atoms with E-state index in [0.29, 0.717) is 23.0 Å². The Bertz CT molecular complexity index is 977. The Labute approximate surface area is 180 Å². The molecule has 3 aromatic rings. The highest BCUT2D eigenvalue weighted by Crippen LogP contribution is 2.32. The minimum absolute atomic E-state index is 0. The van der Waals surface area contributed by atoms with Gasteiger partial charge in [0.2, 0.25) is 0 Å². The Morgan fingerprint density at radius 3 is 2.76 bits per heavy atom. The molecule has 2 heterocycles. The second-order valence-corrected chi connectivity index (χ2v) is 8.25. The molecular formula is C22H24ClFN2O2S. The fourth-order valence-electron chi connectivity index (χ4n) is 3.57. The third-order valence-corrected chi connectivity index (χ3v) is 6.24. The van der Waals surface area contributed by atoms with Crippen LogP contribution in [0, 0.1) is 11.7 Å². The fraction of sp³-hybridized carbons (Fsp3) is 0.318. The van der Waals surface area contributed by atoms with Gasteiger partial charge in [0.1, 0.15) is 11.4 Å². The van der Waals surface area contributed by atoms with Gasteiger partial charge >= 0.3 is 0 Å². The number of hydrogen-bond acceptors (Lipinski definition) is 4. The van der Waals surface area contributed by atoms with Crippen LogP contribution >= 0.6 is 24.2 Å². The average molecular weight is 435 g/mol. The first-order valence-electron chi connectivity index (χ1n) is 9.52. The third-order valence-electron chi connectivity index (χ3n) is 5.20. The first-order chi connectivity index (χ1) is 13.6. The number of amides is 1. The zero-order valence-corrected chi connectivity index (χ0v) is 17.7. The predicted octanol–water partition coefficient (Wildman–Crippen LogP) is 5.01. The molecule has 29 heavy (non-hydrogen) atoms. The van der Waals surface area contributed by atoms with E-state index in [9.17, 15) is 9.18 Å². The highest BCUT2D eigenvalue weighted by atomic mass is 35.5. The predicted molar refractivity (Wildman–Crippen MR) is 117 cm³/mol. The lowest BCUT2D eigenvalue weighted by Crippen LogP contribution is -2.48. The van der Waals surface area contributed by atoms with Gasteiger partial charge in [-0.2, -0.15) is 0 Å². The lowest BCUT2D eigenvalue weighted by molar-refractivity contribution is 0.0887. The Morgan fingerprint density at radius 1 is 1.24 bits per heavy atom. The summed E-state index contributed by atoms with van der Waals surface area (Å²) in [7, 11) is 0. The van der Waals surface area contributed by atoms with Crippen molar-refractivity contribution in [3.8, 4) is 0 Å². The molecule has 1 aromatic heterocycles. The van der Waals surface area contributed by atoms with E-state index in [1.807, 2.05) is 24.3 Å². The van der Waals surface area contributed by atoms with E-state index < -0.39 is 0 Å². The second kappa shape index (κ2) is 9.65. The summed E-state index contributed by atoms with van der Waals surface area (Å²) in [6.45, 7) is 3.95. The molecule has 0 aliphatic carbocycles. The van der Waals surface area contributed by atoms with Crippen molar-refractivity contribution in [2.24, 2.45) is 5.92 Å². The molecule has 1 amide bonds. The van der Waals surface area contributed by atoms with Gasteiger partial charge in [-0.15, -0.1) is 24.2 Å². The number of nitrogens with one attached hydrogen (secondary N) is 2. The first kappa shape index (κ1) is 21.7. The molecular weight excluding hydrogens is 411 g/mol. The van der Waals surface area contributed by atoms with Gasteiger partial charge in [0.15, 0.2) is 5.76 Å². The molecule has 0 radical (unpaired) electrons. The van der Waals surface area contributed by atoms with Crippen LogP contribution in [0.15, 0.2) is 57.8 Å². The van der Waals surface area contributed by atoms with Gasteiger partial charge in [-0.3, -0.25) is 4.79 Å². The molecule has 4 rings (SSSR count).